The predicted molar refractivity (Wildman–Crippen MR) is 121 cm³/mol. The van der Waals surface area contributed by atoms with Gasteiger partial charge in [-0.05, 0) is 35.4 Å². The summed E-state index contributed by atoms with van der Waals surface area (Å²) in [5, 5.41) is 2.01. The van der Waals surface area contributed by atoms with Crippen LogP contribution < -0.4 is 0 Å². The number of aromatic amines is 1. The van der Waals surface area contributed by atoms with Gasteiger partial charge < -0.3 is 14.8 Å². The fraction of sp³-hybridized carbons (Fsp3) is 0.217. The molecule has 1 saturated heterocycles. The van der Waals surface area contributed by atoms with E-state index in [2.05, 4.69) is 4.98 Å². The number of H-pyrrole nitrogens is 1. The number of hydrogen-bond acceptors (Lipinski definition) is 2. The summed E-state index contributed by atoms with van der Waals surface area (Å²) in [5.74, 6) is 0.00278. The number of benzene rings is 2. The number of carbonyl (C=O) groups excluding carboxylic acids is 2. The second kappa shape index (κ2) is 8.94. The summed E-state index contributed by atoms with van der Waals surface area (Å²) >= 11 is 11.9. The van der Waals surface area contributed by atoms with E-state index in [0.717, 1.165) is 22.0 Å². The fourth-order valence-electron chi connectivity index (χ4n) is 3.62. The van der Waals surface area contributed by atoms with Gasteiger partial charge in [0.25, 0.3) is 0 Å². The van der Waals surface area contributed by atoms with E-state index in [-0.39, 0.29) is 11.8 Å². The lowest BCUT2D eigenvalue weighted by Crippen LogP contribution is -2.50. The van der Waals surface area contributed by atoms with E-state index in [1.807, 2.05) is 35.4 Å². The third-order valence-corrected chi connectivity index (χ3v) is 6.06. The van der Waals surface area contributed by atoms with Crippen molar-refractivity contribution in [1.82, 2.24) is 14.8 Å². The second-order valence-electron chi connectivity index (χ2n) is 7.25. The quantitative estimate of drug-likeness (QED) is 0.609. The normalized spacial score (nSPS) is 14.6. The first-order valence-corrected chi connectivity index (χ1v) is 10.5. The topological polar surface area (TPSA) is 56.4 Å². The maximum absolute atomic E-state index is 12.7. The van der Waals surface area contributed by atoms with Crippen molar-refractivity contribution < 1.29 is 9.59 Å². The maximum atomic E-state index is 12.7. The Kier molecular flexibility index (Phi) is 6.11. The Balaban J connectivity index is 1.31. The molecule has 2 amide bonds. The molecule has 0 saturated carbocycles. The molecular formula is C23H21Cl2N3O2. The van der Waals surface area contributed by atoms with Crippen molar-refractivity contribution in [1.29, 1.82) is 0 Å². The Morgan fingerprint density at radius 1 is 0.967 bits per heavy atom. The van der Waals surface area contributed by atoms with E-state index in [4.69, 9.17) is 23.2 Å². The third kappa shape index (κ3) is 4.53. The van der Waals surface area contributed by atoms with Gasteiger partial charge in [0.05, 0.1) is 16.5 Å². The van der Waals surface area contributed by atoms with Crippen LogP contribution in [0.4, 0.5) is 0 Å². The van der Waals surface area contributed by atoms with E-state index in [1.54, 1.807) is 29.2 Å². The minimum absolute atomic E-state index is 0.0789. The number of fused-ring (bicyclic) bond motifs is 1. The summed E-state index contributed by atoms with van der Waals surface area (Å²) in [6.07, 6.45) is 5.51. The first kappa shape index (κ1) is 20.5. The van der Waals surface area contributed by atoms with Crippen molar-refractivity contribution in [2.45, 2.75) is 6.42 Å². The monoisotopic (exact) mass is 441 g/mol. The number of para-hydroxylation sites is 1. The molecule has 1 fully saturated rings. The molecule has 1 aliphatic heterocycles. The van der Waals surface area contributed by atoms with Crippen molar-refractivity contribution in [3.63, 3.8) is 0 Å². The first-order valence-electron chi connectivity index (χ1n) is 9.76. The van der Waals surface area contributed by atoms with Crippen LogP contribution in [0.15, 0.2) is 54.7 Å². The minimum Gasteiger partial charge on any atom is -0.361 e. The summed E-state index contributed by atoms with van der Waals surface area (Å²) in [4.78, 5) is 32.0. The number of amides is 2. The van der Waals surface area contributed by atoms with E-state index in [0.29, 0.717) is 42.6 Å². The lowest BCUT2D eigenvalue weighted by molar-refractivity contribution is -0.136. The van der Waals surface area contributed by atoms with Crippen LogP contribution in [0, 0.1) is 0 Å². The lowest BCUT2D eigenvalue weighted by atomic mass is 10.1. The molecule has 1 N–H and O–H groups in total. The van der Waals surface area contributed by atoms with Crippen LogP contribution >= 0.6 is 23.2 Å². The van der Waals surface area contributed by atoms with Gasteiger partial charge in [-0.1, -0.05) is 47.5 Å². The minimum atomic E-state index is -0.0789. The number of piperazine rings is 1. The smallest absolute Gasteiger partial charge is 0.246 e. The van der Waals surface area contributed by atoms with Gasteiger partial charge >= 0.3 is 0 Å². The Hall–Kier alpha value is -2.76. The molecule has 5 nitrogen and oxygen atoms in total. The van der Waals surface area contributed by atoms with Crippen molar-refractivity contribution in [2.75, 3.05) is 26.2 Å². The zero-order chi connectivity index (χ0) is 21.1. The lowest BCUT2D eigenvalue weighted by Gasteiger charge is -2.34. The summed E-state index contributed by atoms with van der Waals surface area (Å²) in [5.41, 5.74) is 2.84. The van der Waals surface area contributed by atoms with Crippen LogP contribution in [0.3, 0.4) is 0 Å². The highest BCUT2D eigenvalue weighted by Crippen LogP contribution is 2.23. The second-order valence-corrected chi connectivity index (χ2v) is 8.06. The standard InChI is InChI=1S/C23H21Cl2N3O2/c24-19-7-5-16(13-20(19)25)6-8-22(29)27-9-11-28(12-10-27)23(30)14-17-15-26-21-4-2-1-3-18(17)21/h1-8,13,15,26H,9-12,14H2. The van der Waals surface area contributed by atoms with Gasteiger partial charge in [-0.15, -0.1) is 0 Å². The average Bonchev–Trinajstić information content (AvgIpc) is 3.17. The Bertz CT molecular complexity index is 1110. The van der Waals surface area contributed by atoms with Gasteiger partial charge in [0, 0.05) is 49.4 Å². The van der Waals surface area contributed by atoms with E-state index in [9.17, 15) is 9.59 Å². The molecule has 1 aromatic heterocycles. The van der Waals surface area contributed by atoms with Crippen molar-refractivity contribution >= 4 is 52.0 Å². The van der Waals surface area contributed by atoms with E-state index in [1.165, 1.54) is 6.08 Å². The molecule has 30 heavy (non-hydrogen) atoms. The molecule has 2 aromatic carbocycles. The fourth-order valence-corrected chi connectivity index (χ4v) is 3.92. The average molecular weight is 442 g/mol. The third-order valence-electron chi connectivity index (χ3n) is 5.32. The number of aromatic nitrogens is 1. The van der Waals surface area contributed by atoms with Gasteiger partial charge in [-0.25, -0.2) is 0 Å². The van der Waals surface area contributed by atoms with Gasteiger partial charge in [0.1, 0.15) is 0 Å². The molecule has 7 heteroatoms. The molecule has 154 valence electrons. The number of nitrogens with one attached hydrogen (secondary N) is 1. The number of carbonyl (C=O) groups is 2. The van der Waals surface area contributed by atoms with Crippen LogP contribution in [0.25, 0.3) is 17.0 Å². The van der Waals surface area contributed by atoms with Crippen LogP contribution in [-0.2, 0) is 16.0 Å². The number of nitrogens with zero attached hydrogens (tertiary/aromatic N) is 2. The Morgan fingerprint density at radius 2 is 1.70 bits per heavy atom. The van der Waals surface area contributed by atoms with Crippen molar-refractivity contribution in [2.24, 2.45) is 0 Å². The Morgan fingerprint density at radius 3 is 2.47 bits per heavy atom. The molecular weight excluding hydrogens is 421 g/mol. The molecule has 0 atom stereocenters. The maximum Gasteiger partial charge on any atom is 0.246 e. The first-order chi connectivity index (χ1) is 14.5. The molecule has 2 heterocycles. The number of rotatable bonds is 4. The summed E-state index contributed by atoms with van der Waals surface area (Å²) in [6, 6.07) is 13.2. The molecule has 1 aliphatic rings. The molecule has 0 radical (unpaired) electrons. The molecule has 0 unspecified atom stereocenters. The molecule has 3 aromatic rings. The largest absolute Gasteiger partial charge is 0.361 e. The summed E-state index contributed by atoms with van der Waals surface area (Å²) in [6.45, 7) is 2.11. The van der Waals surface area contributed by atoms with Crippen molar-refractivity contribution in [3.05, 3.63) is 75.9 Å². The zero-order valence-electron chi connectivity index (χ0n) is 16.3. The highest BCUT2D eigenvalue weighted by Gasteiger charge is 2.23. The van der Waals surface area contributed by atoms with Gasteiger partial charge in [0.15, 0.2) is 0 Å². The molecule has 4 rings (SSSR count). The number of halogens is 2. The van der Waals surface area contributed by atoms with E-state index < -0.39 is 0 Å². The number of hydrogen-bond donors (Lipinski definition) is 1. The highest BCUT2D eigenvalue weighted by atomic mass is 35.5. The van der Waals surface area contributed by atoms with E-state index >= 15 is 0 Å². The Labute approximate surface area is 184 Å². The van der Waals surface area contributed by atoms with Gasteiger partial charge in [-0.2, -0.15) is 0 Å². The molecule has 0 bridgehead atoms. The van der Waals surface area contributed by atoms with Gasteiger partial charge in [0.2, 0.25) is 11.8 Å². The van der Waals surface area contributed by atoms with Crippen LogP contribution in [0.1, 0.15) is 11.1 Å². The van der Waals surface area contributed by atoms with Crippen molar-refractivity contribution in [3.8, 4) is 0 Å². The van der Waals surface area contributed by atoms with Crippen LogP contribution in [0.5, 0.6) is 0 Å². The molecule has 0 aliphatic carbocycles. The van der Waals surface area contributed by atoms with Crippen LogP contribution in [0.2, 0.25) is 10.0 Å². The van der Waals surface area contributed by atoms with Crippen LogP contribution in [-0.4, -0.2) is 52.8 Å². The summed E-state index contributed by atoms with van der Waals surface area (Å²) < 4.78 is 0. The molecule has 0 spiro atoms. The highest BCUT2D eigenvalue weighted by molar-refractivity contribution is 6.42. The zero-order valence-corrected chi connectivity index (χ0v) is 17.8. The van der Waals surface area contributed by atoms with Gasteiger partial charge in [-0.3, -0.25) is 9.59 Å². The SMILES string of the molecule is O=C(C=Cc1ccc(Cl)c(Cl)c1)N1CCN(C(=O)Cc2c[nH]c3ccccc23)CC1. The predicted octanol–water partition coefficient (Wildman–Crippen LogP) is 4.40. The summed E-state index contributed by atoms with van der Waals surface area (Å²) in [7, 11) is 0.